The predicted molar refractivity (Wildman–Crippen MR) is 86.6 cm³/mol. The van der Waals surface area contributed by atoms with Crippen LogP contribution in [0.5, 0.6) is 0 Å². The Bertz CT molecular complexity index is 371. The molecule has 0 amide bonds. The molecule has 0 aromatic heterocycles. The summed E-state index contributed by atoms with van der Waals surface area (Å²) in [5.41, 5.74) is 2.09. The van der Waals surface area contributed by atoms with E-state index in [9.17, 15) is 5.11 Å². The van der Waals surface area contributed by atoms with E-state index in [0.717, 1.165) is 24.3 Å². The van der Waals surface area contributed by atoms with Gasteiger partial charge in [0, 0.05) is 31.5 Å². The van der Waals surface area contributed by atoms with Crippen molar-refractivity contribution in [2.24, 2.45) is 0 Å². The van der Waals surface area contributed by atoms with Crippen LogP contribution in [-0.2, 0) is 16.1 Å². The van der Waals surface area contributed by atoms with E-state index in [4.69, 9.17) is 9.47 Å². The molecule has 21 heavy (non-hydrogen) atoms. The zero-order chi connectivity index (χ0) is 15.3. The van der Waals surface area contributed by atoms with Gasteiger partial charge < -0.3 is 19.9 Å². The van der Waals surface area contributed by atoms with Crippen molar-refractivity contribution in [3.63, 3.8) is 0 Å². The molecule has 1 atom stereocenters. The van der Waals surface area contributed by atoms with Crippen LogP contribution in [0.25, 0.3) is 0 Å². The van der Waals surface area contributed by atoms with E-state index in [-0.39, 0.29) is 0 Å². The second-order valence-electron chi connectivity index (χ2n) is 5.26. The summed E-state index contributed by atoms with van der Waals surface area (Å²) in [7, 11) is 1.68. The van der Waals surface area contributed by atoms with E-state index < -0.39 is 6.10 Å². The summed E-state index contributed by atoms with van der Waals surface area (Å²) in [6, 6.07) is 7.96. The lowest BCUT2D eigenvalue weighted by molar-refractivity contribution is 0.0416. The van der Waals surface area contributed by atoms with Gasteiger partial charge in [-0.1, -0.05) is 44.4 Å². The highest BCUT2D eigenvalue weighted by molar-refractivity contribution is 5.50. The SMILES string of the molecule is CCCCCCOCC(O)CNc1ccccc1COC. The molecule has 1 aromatic rings. The highest BCUT2D eigenvalue weighted by Gasteiger charge is 2.06. The van der Waals surface area contributed by atoms with E-state index >= 15 is 0 Å². The van der Waals surface area contributed by atoms with Crippen molar-refractivity contribution in [3.8, 4) is 0 Å². The first-order valence-electron chi connectivity index (χ1n) is 7.84. The third-order valence-corrected chi connectivity index (χ3v) is 3.30. The van der Waals surface area contributed by atoms with Gasteiger partial charge in [0.1, 0.15) is 0 Å². The molecule has 1 rings (SSSR count). The van der Waals surface area contributed by atoms with Crippen molar-refractivity contribution in [1.82, 2.24) is 0 Å². The molecule has 0 saturated heterocycles. The lowest BCUT2D eigenvalue weighted by Gasteiger charge is -2.15. The molecule has 1 aromatic carbocycles. The van der Waals surface area contributed by atoms with Gasteiger partial charge in [0.05, 0.1) is 19.3 Å². The molecule has 0 saturated carbocycles. The lowest BCUT2D eigenvalue weighted by atomic mass is 10.2. The molecule has 0 aliphatic carbocycles. The minimum Gasteiger partial charge on any atom is -0.389 e. The van der Waals surface area contributed by atoms with Crippen LogP contribution in [0.2, 0.25) is 0 Å². The third-order valence-electron chi connectivity index (χ3n) is 3.30. The molecule has 0 aliphatic heterocycles. The summed E-state index contributed by atoms with van der Waals surface area (Å²) in [5.74, 6) is 0. The Morgan fingerprint density at radius 3 is 2.76 bits per heavy atom. The number of rotatable bonds is 12. The summed E-state index contributed by atoms with van der Waals surface area (Å²) in [4.78, 5) is 0. The number of aliphatic hydroxyl groups is 1. The van der Waals surface area contributed by atoms with E-state index in [0.29, 0.717) is 19.8 Å². The van der Waals surface area contributed by atoms with Crippen molar-refractivity contribution in [2.75, 3.05) is 32.2 Å². The highest BCUT2D eigenvalue weighted by Crippen LogP contribution is 2.15. The first kappa shape index (κ1) is 18.0. The molecule has 0 fully saturated rings. The third kappa shape index (κ3) is 8.05. The molecule has 1 unspecified atom stereocenters. The fourth-order valence-corrected chi connectivity index (χ4v) is 2.11. The van der Waals surface area contributed by atoms with Gasteiger partial charge in [-0.3, -0.25) is 0 Å². The number of anilines is 1. The van der Waals surface area contributed by atoms with Crippen molar-refractivity contribution < 1.29 is 14.6 Å². The van der Waals surface area contributed by atoms with Crippen LogP contribution in [-0.4, -0.2) is 38.1 Å². The standard InChI is InChI=1S/C17H29NO3/c1-3-4-5-8-11-21-14-16(19)12-18-17-10-7-6-9-15(17)13-20-2/h6-7,9-10,16,18-19H,3-5,8,11-14H2,1-2H3. The van der Waals surface area contributed by atoms with E-state index in [1.54, 1.807) is 7.11 Å². The maximum Gasteiger partial charge on any atom is 0.0945 e. The summed E-state index contributed by atoms with van der Waals surface area (Å²) >= 11 is 0. The average molecular weight is 295 g/mol. The first-order chi connectivity index (χ1) is 10.3. The molecule has 0 heterocycles. The fourth-order valence-electron chi connectivity index (χ4n) is 2.11. The molecule has 0 bridgehead atoms. The number of aliphatic hydroxyl groups excluding tert-OH is 1. The van der Waals surface area contributed by atoms with Crippen LogP contribution >= 0.6 is 0 Å². The van der Waals surface area contributed by atoms with Gasteiger partial charge in [0.25, 0.3) is 0 Å². The van der Waals surface area contributed by atoms with Crippen LogP contribution < -0.4 is 5.32 Å². The first-order valence-corrected chi connectivity index (χ1v) is 7.84. The zero-order valence-corrected chi connectivity index (χ0v) is 13.3. The molecule has 4 heteroatoms. The van der Waals surface area contributed by atoms with Crippen molar-refractivity contribution in [1.29, 1.82) is 0 Å². The van der Waals surface area contributed by atoms with Gasteiger partial charge in [-0.2, -0.15) is 0 Å². The Morgan fingerprint density at radius 1 is 1.19 bits per heavy atom. The number of unbranched alkanes of at least 4 members (excludes halogenated alkanes) is 3. The lowest BCUT2D eigenvalue weighted by Crippen LogP contribution is -2.25. The second kappa shape index (κ2) is 11.5. The highest BCUT2D eigenvalue weighted by atomic mass is 16.5. The van der Waals surface area contributed by atoms with Crippen LogP contribution in [0.1, 0.15) is 38.2 Å². The summed E-state index contributed by atoms with van der Waals surface area (Å²) in [6.07, 6.45) is 4.27. The number of benzene rings is 1. The molecular weight excluding hydrogens is 266 g/mol. The predicted octanol–water partition coefficient (Wildman–Crippen LogP) is 3.20. The van der Waals surface area contributed by atoms with Crippen molar-refractivity contribution in [3.05, 3.63) is 29.8 Å². The van der Waals surface area contributed by atoms with Gasteiger partial charge in [0.2, 0.25) is 0 Å². The van der Waals surface area contributed by atoms with Crippen molar-refractivity contribution in [2.45, 2.75) is 45.3 Å². The van der Waals surface area contributed by atoms with Gasteiger partial charge >= 0.3 is 0 Å². The largest absolute Gasteiger partial charge is 0.389 e. The molecule has 0 spiro atoms. The number of hydrogen-bond acceptors (Lipinski definition) is 4. The molecule has 0 aliphatic rings. The number of nitrogens with one attached hydrogen (secondary N) is 1. The average Bonchev–Trinajstić information content (AvgIpc) is 2.50. The minimum absolute atomic E-state index is 0.381. The van der Waals surface area contributed by atoms with Gasteiger partial charge in [-0.05, 0) is 12.5 Å². The van der Waals surface area contributed by atoms with E-state index in [1.165, 1.54) is 19.3 Å². The monoisotopic (exact) mass is 295 g/mol. The number of methoxy groups -OCH3 is 1. The Morgan fingerprint density at radius 2 is 2.00 bits per heavy atom. The molecule has 0 radical (unpaired) electrons. The van der Waals surface area contributed by atoms with Crippen LogP contribution in [0.4, 0.5) is 5.69 Å². The Kier molecular flexibility index (Phi) is 9.87. The Balaban J connectivity index is 2.19. The van der Waals surface area contributed by atoms with Crippen LogP contribution in [0.3, 0.4) is 0 Å². The normalized spacial score (nSPS) is 12.3. The van der Waals surface area contributed by atoms with E-state index in [2.05, 4.69) is 12.2 Å². The maximum atomic E-state index is 9.92. The summed E-state index contributed by atoms with van der Waals surface area (Å²) in [5, 5.41) is 13.2. The number of hydrogen-bond donors (Lipinski definition) is 2. The van der Waals surface area contributed by atoms with Crippen molar-refractivity contribution >= 4 is 5.69 Å². The Hall–Kier alpha value is -1.10. The number of ether oxygens (including phenoxy) is 2. The molecule has 120 valence electrons. The summed E-state index contributed by atoms with van der Waals surface area (Å²) < 4.78 is 10.7. The number of para-hydroxylation sites is 1. The van der Waals surface area contributed by atoms with Crippen LogP contribution in [0.15, 0.2) is 24.3 Å². The maximum absolute atomic E-state index is 9.92. The topological polar surface area (TPSA) is 50.7 Å². The smallest absolute Gasteiger partial charge is 0.0945 e. The summed E-state index contributed by atoms with van der Waals surface area (Å²) in [6.45, 7) is 4.35. The fraction of sp³-hybridized carbons (Fsp3) is 0.647. The van der Waals surface area contributed by atoms with E-state index in [1.807, 2.05) is 24.3 Å². The Labute approximate surface area is 128 Å². The molecule has 4 nitrogen and oxygen atoms in total. The zero-order valence-electron chi connectivity index (χ0n) is 13.3. The van der Waals surface area contributed by atoms with Gasteiger partial charge in [-0.15, -0.1) is 0 Å². The van der Waals surface area contributed by atoms with Gasteiger partial charge in [0.15, 0.2) is 0 Å². The second-order valence-corrected chi connectivity index (χ2v) is 5.26. The molecular formula is C17H29NO3. The van der Waals surface area contributed by atoms with Gasteiger partial charge in [-0.25, -0.2) is 0 Å². The van der Waals surface area contributed by atoms with Crippen LogP contribution in [0, 0.1) is 0 Å². The quantitative estimate of drug-likeness (QED) is 0.581. The minimum atomic E-state index is -0.494. The molecule has 2 N–H and O–H groups in total.